The molecule has 0 atom stereocenters. The second kappa shape index (κ2) is 7.57. The third kappa shape index (κ3) is 3.62. The van der Waals surface area contributed by atoms with Crippen molar-refractivity contribution in [1.29, 1.82) is 0 Å². The van der Waals surface area contributed by atoms with Crippen LogP contribution in [0.3, 0.4) is 0 Å². The number of aromatic nitrogens is 2. The summed E-state index contributed by atoms with van der Waals surface area (Å²) in [5.41, 5.74) is 1.19. The first-order valence-corrected chi connectivity index (χ1v) is 9.01. The molecule has 3 nitrogen and oxygen atoms in total. The van der Waals surface area contributed by atoms with Gasteiger partial charge in [0, 0.05) is 13.0 Å². The van der Waals surface area contributed by atoms with Gasteiger partial charge in [-0.25, -0.2) is 9.97 Å². The molecule has 0 aliphatic heterocycles. The van der Waals surface area contributed by atoms with Crippen LogP contribution in [-0.4, -0.2) is 17.0 Å². The number of rotatable bonds is 5. The Labute approximate surface area is 136 Å². The highest BCUT2D eigenvalue weighted by Crippen LogP contribution is 2.37. The molecule has 2 rings (SSSR count). The van der Waals surface area contributed by atoms with Crippen molar-refractivity contribution in [2.75, 3.05) is 12.4 Å². The van der Waals surface area contributed by atoms with Crippen LogP contribution < -0.4 is 5.32 Å². The van der Waals surface area contributed by atoms with Gasteiger partial charge >= 0.3 is 0 Å². The van der Waals surface area contributed by atoms with Gasteiger partial charge in [0.15, 0.2) is 0 Å². The molecule has 0 aromatic carbocycles. The molecule has 1 aliphatic carbocycles. The first kappa shape index (κ1) is 16.0. The molecule has 1 fully saturated rings. The molecular formula is C16H26IN3. The Balaban J connectivity index is 2.13. The van der Waals surface area contributed by atoms with Crippen LogP contribution >= 0.6 is 22.6 Å². The van der Waals surface area contributed by atoms with Crippen LogP contribution in [0.4, 0.5) is 5.82 Å². The van der Waals surface area contributed by atoms with E-state index in [9.17, 15) is 0 Å². The number of hydrogen-bond donors (Lipinski definition) is 1. The lowest BCUT2D eigenvalue weighted by molar-refractivity contribution is 0.302. The number of hydrogen-bond acceptors (Lipinski definition) is 3. The minimum atomic E-state index is 0.567. The zero-order chi connectivity index (χ0) is 14.5. The van der Waals surface area contributed by atoms with Crippen LogP contribution in [0.2, 0.25) is 0 Å². The fourth-order valence-corrected chi connectivity index (χ4v) is 4.11. The number of anilines is 1. The summed E-state index contributed by atoms with van der Waals surface area (Å²) < 4.78 is 1.18. The van der Waals surface area contributed by atoms with Gasteiger partial charge in [-0.2, -0.15) is 0 Å². The van der Waals surface area contributed by atoms with Crippen molar-refractivity contribution < 1.29 is 0 Å². The predicted octanol–water partition coefficient (Wildman–Crippen LogP) is 4.76. The fraction of sp³-hybridized carbons (Fsp3) is 0.750. The average molecular weight is 387 g/mol. The lowest BCUT2D eigenvalue weighted by atomic mass is 9.80. The Bertz CT molecular complexity index is 414. The summed E-state index contributed by atoms with van der Waals surface area (Å²) in [5.74, 6) is 3.58. The highest BCUT2D eigenvalue weighted by molar-refractivity contribution is 14.1. The van der Waals surface area contributed by atoms with E-state index in [2.05, 4.69) is 41.8 Å². The van der Waals surface area contributed by atoms with Crippen molar-refractivity contribution >= 4 is 28.4 Å². The zero-order valence-corrected chi connectivity index (χ0v) is 15.0. The molecule has 0 unspecified atom stereocenters. The van der Waals surface area contributed by atoms with Crippen LogP contribution in [0.1, 0.15) is 69.8 Å². The molecule has 0 bridgehead atoms. The standard InChI is InChI=1S/C16H26IN3/c1-4-6-11-7-9-12(10-8-11)15-19-13(5-2)14(17)16(18-3)20-15/h11-12H,4-10H2,1-3H3,(H,18,19,20). The van der Waals surface area contributed by atoms with Crippen LogP contribution in [0.5, 0.6) is 0 Å². The van der Waals surface area contributed by atoms with Crippen molar-refractivity contribution in [1.82, 2.24) is 9.97 Å². The molecule has 1 N–H and O–H groups in total. The van der Waals surface area contributed by atoms with E-state index in [0.29, 0.717) is 5.92 Å². The van der Waals surface area contributed by atoms with Gasteiger partial charge < -0.3 is 5.32 Å². The molecule has 4 heteroatoms. The Kier molecular flexibility index (Phi) is 6.05. The third-order valence-corrected chi connectivity index (χ3v) is 5.55. The van der Waals surface area contributed by atoms with Crippen molar-refractivity contribution in [2.45, 2.75) is 64.7 Å². The van der Waals surface area contributed by atoms with Gasteiger partial charge in [0.1, 0.15) is 11.6 Å². The smallest absolute Gasteiger partial charge is 0.143 e. The van der Waals surface area contributed by atoms with Gasteiger partial charge in [-0.15, -0.1) is 0 Å². The van der Waals surface area contributed by atoms with Gasteiger partial charge in [-0.3, -0.25) is 0 Å². The molecule has 1 saturated carbocycles. The van der Waals surface area contributed by atoms with Gasteiger partial charge in [-0.1, -0.05) is 26.7 Å². The van der Waals surface area contributed by atoms with E-state index in [1.807, 2.05) is 7.05 Å². The SMILES string of the molecule is CCCC1CCC(c2nc(CC)c(I)c(NC)n2)CC1. The quantitative estimate of drug-likeness (QED) is 0.741. The van der Waals surface area contributed by atoms with Crippen LogP contribution in [0.15, 0.2) is 0 Å². The maximum absolute atomic E-state index is 4.84. The van der Waals surface area contributed by atoms with Gasteiger partial charge in [0.05, 0.1) is 9.26 Å². The van der Waals surface area contributed by atoms with E-state index in [-0.39, 0.29) is 0 Å². The first-order valence-electron chi connectivity index (χ1n) is 7.93. The lowest BCUT2D eigenvalue weighted by Gasteiger charge is -2.28. The van der Waals surface area contributed by atoms with Crippen LogP contribution in [0, 0.1) is 9.49 Å². The highest BCUT2D eigenvalue weighted by Gasteiger charge is 2.25. The summed E-state index contributed by atoms with van der Waals surface area (Å²) in [6.07, 6.45) is 8.92. The van der Waals surface area contributed by atoms with Gasteiger partial charge in [-0.05, 0) is 60.6 Å². The summed E-state index contributed by atoms with van der Waals surface area (Å²) in [5, 5.41) is 3.22. The summed E-state index contributed by atoms with van der Waals surface area (Å²) in [4.78, 5) is 9.60. The number of nitrogens with one attached hydrogen (secondary N) is 1. The van der Waals surface area contributed by atoms with Gasteiger partial charge in [0.25, 0.3) is 0 Å². The van der Waals surface area contributed by atoms with Crippen molar-refractivity contribution in [2.24, 2.45) is 5.92 Å². The van der Waals surface area contributed by atoms with E-state index in [0.717, 1.165) is 24.0 Å². The molecule has 20 heavy (non-hydrogen) atoms. The Morgan fingerprint density at radius 1 is 1.15 bits per heavy atom. The number of halogens is 1. The van der Waals surface area contributed by atoms with E-state index < -0.39 is 0 Å². The minimum absolute atomic E-state index is 0.567. The minimum Gasteiger partial charge on any atom is -0.372 e. The second-order valence-electron chi connectivity index (χ2n) is 5.80. The Morgan fingerprint density at radius 2 is 1.85 bits per heavy atom. The normalized spacial score (nSPS) is 22.8. The lowest BCUT2D eigenvalue weighted by Crippen LogP contribution is -2.17. The fourth-order valence-electron chi connectivity index (χ4n) is 3.21. The molecule has 0 radical (unpaired) electrons. The Hall–Kier alpha value is -0.390. The van der Waals surface area contributed by atoms with E-state index in [1.54, 1.807) is 0 Å². The maximum Gasteiger partial charge on any atom is 0.143 e. The molecule has 0 amide bonds. The summed E-state index contributed by atoms with van der Waals surface area (Å²) >= 11 is 2.36. The molecule has 1 aliphatic rings. The van der Waals surface area contributed by atoms with Crippen LogP contribution in [0.25, 0.3) is 0 Å². The topological polar surface area (TPSA) is 37.8 Å². The monoisotopic (exact) mass is 387 g/mol. The maximum atomic E-state index is 4.84. The molecule has 0 spiro atoms. The predicted molar refractivity (Wildman–Crippen MR) is 93.3 cm³/mol. The zero-order valence-electron chi connectivity index (χ0n) is 12.9. The molecule has 112 valence electrons. The van der Waals surface area contributed by atoms with E-state index in [4.69, 9.17) is 9.97 Å². The Morgan fingerprint density at radius 3 is 2.40 bits per heavy atom. The number of aryl methyl sites for hydroxylation is 1. The molecular weight excluding hydrogens is 361 g/mol. The average Bonchev–Trinajstić information content (AvgIpc) is 2.49. The molecule has 1 aromatic heterocycles. The van der Waals surface area contributed by atoms with Crippen molar-refractivity contribution in [3.63, 3.8) is 0 Å². The summed E-state index contributed by atoms with van der Waals surface area (Å²) in [6, 6.07) is 0. The largest absolute Gasteiger partial charge is 0.372 e. The molecule has 1 aromatic rings. The molecule has 1 heterocycles. The van der Waals surface area contributed by atoms with Crippen molar-refractivity contribution in [3.8, 4) is 0 Å². The highest BCUT2D eigenvalue weighted by atomic mass is 127. The molecule has 0 saturated heterocycles. The van der Waals surface area contributed by atoms with Crippen molar-refractivity contribution in [3.05, 3.63) is 15.1 Å². The van der Waals surface area contributed by atoms with Gasteiger partial charge in [0.2, 0.25) is 0 Å². The second-order valence-corrected chi connectivity index (χ2v) is 6.88. The third-order valence-electron chi connectivity index (χ3n) is 4.42. The number of nitrogens with zero attached hydrogens (tertiary/aromatic N) is 2. The van der Waals surface area contributed by atoms with Crippen LogP contribution in [-0.2, 0) is 6.42 Å². The summed E-state index contributed by atoms with van der Waals surface area (Å²) in [6.45, 7) is 4.47. The van der Waals surface area contributed by atoms with E-state index in [1.165, 1.54) is 47.8 Å². The summed E-state index contributed by atoms with van der Waals surface area (Å²) in [7, 11) is 1.95. The first-order chi connectivity index (χ1) is 9.69. The van der Waals surface area contributed by atoms with E-state index >= 15 is 0 Å².